The minimum atomic E-state index is 0.239. The molecule has 0 saturated heterocycles. The van der Waals surface area contributed by atoms with Crippen LogP contribution in [0.3, 0.4) is 0 Å². The van der Waals surface area contributed by atoms with E-state index in [1.54, 1.807) is 18.1 Å². The lowest BCUT2D eigenvalue weighted by Gasteiger charge is -2.25. The molecule has 2 aliphatic heterocycles. The van der Waals surface area contributed by atoms with Gasteiger partial charge in [-0.1, -0.05) is 29.8 Å². The number of nitrogens with zero attached hydrogens (tertiary/aromatic N) is 2. The number of rotatable bonds is 2. The molecular formula is C15H17N3S. The summed E-state index contributed by atoms with van der Waals surface area (Å²) in [5.74, 6) is 1.30. The Morgan fingerprint density at radius 1 is 1.32 bits per heavy atom. The van der Waals surface area contributed by atoms with Gasteiger partial charge in [-0.15, -0.1) is 11.8 Å². The molecule has 2 aliphatic rings. The fraction of sp³-hybridized carbons (Fsp3) is 0.333. The molecule has 0 fully saturated rings. The second kappa shape index (κ2) is 5.21. The molecule has 3 rings (SSSR count). The summed E-state index contributed by atoms with van der Waals surface area (Å²) < 4.78 is 0. The summed E-state index contributed by atoms with van der Waals surface area (Å²) in [6, 6.07) is 8.69. The van der Waals surface area contributed by atoms with Crippen molar-refractivity contribution >= 4 is 29.5 Å². The van der Waals surface area contributed by atoms with Gasteiger partial charge >= 0.3 is 0 Å². The highest BCUT2D eigenvalue weighted by Crippen LogP contribution is 2.43. The van der Waals surface area contributed by atoms with Crippen LogP contribution in [0.15, 0.2) is 39.7 Å². The maximum Gasteiger partial charge on any atom is 0.115 e. The third kappa shape index (κ3) is 2.32. The summed E-state index contributed by atoms with van der Waals surface area (Å²) in [5, 5.41) is 5.68. The van der Waals surface area contributed by atoms with Crippen LogP contribution in [0.2, 0.25) is 0 Å². The van der Waals surface area contributed by atoms with Crippen LogP contribution >= 0.6 is 11.8 Å². The third-order valence-corrected chi connectivity index (χ3v) is 4.46. The van der Waals surface area contributed by atoms with E-state index in [-0.39, 0.29) is 11.3 Å². The Hall–Kier alpha value is -1.55. The Labute approximate surface area is 117 Å². The van der Waals surface area contributed by atoms with Gasteiger partial charge < -0.3 is 5.32 Å². The van der Waals surface area contributed by atoms with Gasteiger partial charge in [0.25, 0.3) is 0 Å². The quantitative estimate of drug-likeness (QED) is 0.897. The van der Waals surface area contributed by atoms with E-state index in [4.69, 9.17) is 0 Å². The zero-order valence-corrected chi connectivity index (χ0v) is 11.9. The molecule has 1 aromatic carbocycles. The molecule has 0 amide bonds. The number of aryl methyl sites for hydroxylation is 1. The van der Waals surface area contributed by atoms with Crippen LogP contribution in [0.5, 0.6) is 0 Å². The lowest BCUT2D eigenvalue weighted by Crippen LogP contribution is -2.39. The highest BCUT2D eigenvalue weighted by molar-refractivity contribution is 8.03. The van der Waals surface area contributed by atoms with E-state index in [9.17, 15) is 0 Å². The van der Waals surface area contributed by atoms with Crippen LogP contribution in [0.25, 0.3) is 5.57 Å². The predicted molar refractivity (Wildman–Crippen MR) is 83.6 cm³/mol. The SMILES string of the molecule is CCN=C1NC=N[C@H]2SC=C(c3ccc(C)cc3)[C@H]12. The van der Waals surface area contributed by atoms with E-state index in [1.807, 2.05) is 0 Å². The molecule has 4 heteroatoms. The first-order chi connectivity index (χ1) is 9.29. The van der Waals surface area contributed by atoms with E-state index < -0.39 is 0 Å². The van der Waals surface area contributed by atoms with Crippen LogP contribution in [-0.4, -0.2) is 24.1 Å². The smallest absolute Gasteiger partial charge is 0.115 e. The predicted octanol–water partition coefficient (Wildman–Crippen LogP) is 3.07. The van der Waals surface area contributed by atoms with Gasteiger partial charge in [0.05, 0.1) is 12.3 Å². The lowest BCUT2D eigenvalue weighted by molar-refractivity contribution is 0.790. The number of amidine groups is 1. The minimum absolute atomic E-state index is 0.239. The van der Waals surface area contributed by atoms with Gasteiger partial charge in [0.1, 0.15) is 11.2 Å². The molecule has 98 valence electrons. The zero-order chi connectivity index (χ0) is 13.2. The van der Waals surface area contributed by atoms with Crippen molar-refractivity contribution in [2.75, 3.05) is 6.54 Å². The van der Waals surface area contributed by atoms with Gasteiger partial charge in [0.2, 0.25) is 0 Å². The third-order valence-electron chi connectivity index (χ3n) is 3.40. The van der Waals surface area contributed by atoms with E-state index in [0.29, 0.717) is 0 Å². The van der Waals surface area contributed by atoms with Crippen molar-refractivity contribution in [1.29, 1.82) is 0 Å². The van der Waals surface area contributed by atoms with Crippen molar-refractivity contribution in [2.24, 2.45) is 15.9 Å². The number of hydrogen-bond donors (Lipinski definition) is 1. The van der Waals surface area contributed by atoms with E-state index in [1.165, 1.54) is 16.7 Å². The number of benzene rings is 1. The highest BCUT2D eigenvalue weighted by atomic mass is 32.2. The number of nitrogens with one attached hydrogen (secondary N) is 1. The number of aliphatic imine (C=N–C) groups is 2. The maximum atomic E-state index is 4.58. The van der Waals surface area contributed by atoms with Gasteiger partial charge in [-0.25, -0.2) is 0 Å². The van der Waals surface area contributed by atoms with Crippen molar-refractivity contribution in [3.63, 3.8) is 0 Å². The van der Waals surface area contributed by atoms with Gasteiger partial charge in [-0.05, 0) is 30.4 Å². The van der Waals surface area contributed by atoms with Crippen LogP contribution in [-0.2, 0) is 0 Å². The number of thioether (sulfide) groups is 1. The molecule has 1 N–H and O–H groups in total. The Bertz CT molecular complexity index is 557. The molecule has 0 saturated carbocycles. The van der Waals surface area contributed by atoms with E-state index in [0.717, 1.165) is 12.4 Å². The average Bonchev–Trinajstić information content (AvgIpc) is 2.85. The molecule has 0 spiro atoms. The van der Waals surface area contributed by atoms with Crippen LogP contribution in [0, 0.1) is 12.8 Å². The molecule has 1 aromatic rings. The molecule has 0 unspecified atom stereocenters. The average molecular weight is 271 g/mol. The summed E-state index contributed by atoms with van der Waals surface area (Å²) in [5.41, 5.74) is 3.88. The molecular weight excluding hydrogens is 254 g/mol. The molecule has 0 aliphatic carbocycles. The van der Waals surface area contributed by atoms with Crippen molar-refractivity contribution in [2.45, 2.75) is 19.2 Å². The number of fused-ring (bicyclic) bond motifs is 1. The molecule has 0 bridgehead atoms. The molecule has 2 heterocycles. The topological polar surface area (TPSA) is 36.8 Å². The molecule has 3 nitrogen and oxygen atoms in total. The van der Waals surface area contributed by atoms with Crippen molar-refractivity contribution in [3.05, 3.63) is 40.8 Å². The van der Waals surface area contributed by atoms with Crippen LogP contribution < -0.4 is 5.32 Å². The standard InChI is InChI=1S/C15H17N3S/c1-3-16-14-13-12(8-19-15(13)18-9-17-14)11-6-4-10(2)5-7-11/h4-9,13,15H,3H2,1-2H3,(H,16,17,18)/t13-,15+/m1/s1. The Morgan fingerprint density at radius 3 is 2.84 bits per heavy atom. The van der Waals surface area contributed by atoms with Crippen LogP contribution in [0.4, 0.5) is 0 Å². The summed E-state index contributed by atoms with van der Waals surface area (Å²) >= 11 is 1.78. The fourth-order valence-corrected chi connectivity index (χ4v) is 3.56. The summed E-state index contributed by atoms with van der Waals surface area (Å²) in [6.45, 7) is 4.97. The van der Waals surface area contributed by atoms with Gasteiger partial charge in [-0.3, -0.25) is 9.98 Å². The Morgan fingerprint density at radius 2 is 2.11 bits per heavy atom. The van der Waals surface area contributed by atoms with Gasteiger partial charge in [-0.2, -0.15) is 0 Å². The summed E-state index contributed by atoms with van der Waals surface area (Å²) in [7, 11) is 0. The first-order valence-corrected chi connectivity index (χ1v) is 7.49. The minimum Gasteiger partial charge on any atom is -0.335 e. The second-order valence-corrected chi connectivity index (χ2v) is 5.72. The molecule has 19 heavy (non-hydrogen) atoms. The van der Waals surface area contributed by atoms with Crippen molar-refractivity contribution < 1.29 is 0 Å². The van der Waals surface area contributed by atoms with Crippen molar-refractivity contribution in [3.8, 4) is 0 Å². The van der Waals surface area contributed by atoms with Crippen molar-refractivity contribution in [1.82, 2.24) is 5.32 Å². The maximum absolute atomic E-state index is 4.58. The van der Waals surface area contributed by atoms with Gasteiger partial charge in [0, 0.05) is 6.54 Å². The molecule has 0 aromatic heterocycles. The Balaban J connectivity index is 1.96. The lowest BCUT2D eigenvalue weighted by atomic mass is 9.91. The zero-order valence-electron chi connectivity index (χ0n) is 11.1. The van der Waals surface area contributed by atoms with E-state index in [2.05, 4.69) is 58.8 Å². The normalized spacial score (nSPS) is 27.1. The fourth-order valence-electron chi connectivity index (χ4n) is 2.43. The highest BCUT2D eigenvalue weighted by Gasteiger charge is 2.36. The first-order valence-electron chi connectivity index (χ1n) is 6.54. The summed E-state index contributed by atoms with van der Waals surface area (Å²) in [4.78, 5) is 9.09. The monoisotopic (exact) mass is 271 g/mol. The largest absolute Gasteiger partial charge is 0.335 e. The van der Waals surface area contributed by atoms with Crippen LogP contribution in [0.1, 0.15) is 18.1 Å². The molecule has 2 atom stereocenters. The van der Waals surface area contributed by atoms with E-state index >= 15 is 0 Å². The van der Waals surface area contributed by atoms with Gasteiger partial charge in [0.15, 0.2) is 0 Å². The second-order valence-electron chi connectivity index (χ2n) is 4.73. The first kappa shape index (κ1) is 12.5. The molecule has 0 radical (unpaired) electrons. The Kier molecular flexibility index (Phi) is 3.42. The summed E-state index contributed by atoms with van der Waals surface area (Å²) in [6.07, 6.45) is 1.77. The number of hydrogen-bond acceptors (Lipinski definition) is 3.